The number of aromatic nitrogens is 6. The van der Waals surface area contributed by atoms with Crippen molar-refractivity contribution in [3.05, 3.63) is 230 Å². The predicted molar refractivity (Wildman–Crippen MR) is 383 cm³/mol. The summed E-state index contributed by atoms with van der Waals surface area (Å²) in [6, 6.07) is 49.5. The van der Waals surface area contributed by atoms with Crippen molar-refractivity contribution in [1.82, 2.24) is 29.9 Å². The van der Waals surface area contributed by atoms with Crippen molar-refractivity contribution in [3.63, 3.8) is 0 Å². The molecule has 0 saturated carbocycles. The van der Waals surface area contributed by atoms with Gasteiger partial charge < -0.3 is 24.2 Å². The molecular weight excluding hydrogens is 1130 g/mol. The van der Waals surface area contributed by atoms with Gasteiger partial charge in [-0.3, -0.25) is 0 Å². The molecule has 0 saturated heterocycles. The van der Waals surface area contributed by atoms with Gasteiger partial charge in [-0.15, -0.1) is 0 Å². The molecule has 0 spiro atoms. The second kappa shape index (κ2) is 23.9. The summed E-state index contributed by atoms with van der Waals surface area (Å²) >= 11 is 0. The van der Waals surface area contributed by atoms with E-state index < -0.39 is 0 Å². The summed E-state index contributed by atoms with van der Waals surface area (Å²) in [5, 5.41) is 0. The number of hydrogen-bond donors (Lipinski definition) is 2. The molecule has 9 nitrogen and oxygen atoms in total. The highest BCUT2D eigenvalue weighted by molar-refractivity contribution is 6.02. The zero-order valence-electron chi connectivity index (χ0n) is 56.9. The van der Waals surface area contributed by atoms with Gasteiger partial charge in [0.15, 0.2) is 0 Å². The number of ether oxygens (including phenoxy) is 3. The lowest BCUT2D eigenvalue weighted by molar-refractivity contribution is 0.306. The molecule has 4 aromatic heterocycles. The normalized spacial score (nSPS) is 12.6. The highest BCUT2D eigenvalue weighted by atomic mass is 16.5. The fraction of sp³-hybridized carbons (Fsp3) is 0.277. The summed E-state index contributed by atoms with van der Waals surface area (Å²) in [5.74, 6) is 2.71. The lowest BCUT2D eigenvalue weighted by atomic mass is 9.80. The van der Waals surface area contributed by atoms with Crippen molar-refractivity contribution in [1.29, 1.82) is 0 Å². The van der Waals surface area contributed by atoms with Gasteiger partial charge in [-0.2, -0.15) is 0 Å². The molecular formula is C83H86N6O3. The van der Waals surface area contributed by atoms with Crippen LogP contribution in [0.2, 0.25) is 0 Å². The van der Waals surface area contributed by atoms with Gasteiger partial charge in [-0.1, -0.05) is 173 Å². The molecule has 466 valence electrons. The minimum Gasteiger partial charge on any atom is -0.489 e. The number of benzene rings is 6. The van der Waals surface area contributed by atoms with Crippen LogP contribution in [0.25, 0.3) is 90.9 Å². The van der Waals surface area contributed by atoms with Crippen LogP contribution in [0.1, 0.15) is 167 Å². The maximum absolute atomic E-state index is 7.36. The summed E-state index contributed by atoms with van der Waals surface area (Å²) in [4.78, 5) is 29.9. The molecule has 0 fully saturated rings. The van der Waals surface area contributed by atoms with Crippen LogP contribution in [0.5, 0.6) is 29.0 Å². The number of H-pyrrole nitrogens is 2. The average molecular weight is 1220 g/mol. The fourth-order valence-electron chi connectivity index (χ4n) is 12.9. The van der Waals surface area contributed by atoms with Crippen molar-refractivity contribution in [2.45, 2.75) is 153 Å². The second-order valence-corrected chi connectivity index (χ2v) is 29.4. The van der Waals surface area contributed by atoms with E-state index in [2.05, 4.69) is 280 Å². The van der Waals surface area contributed by atoms with Crippen LogP contribution in [0.15, 0.2) is 146 Å². The number of aryl methyl sites for hydroxylation is 6. The maximum atomic E-state index is 7.36. The molecule has 9 heteroatoms. The summed E-state index contributed by atoms with van der Waals surface area (Å²) in [5.41, 5.74) is 25.6. The highest BCUT2D eigenvalue weighted by Gasteiger charge is 2.30. The molecule has 10 aromatic rings. The second-order valence-electron chi connectivity index (χ2n) is 29.4. The average Bonchev–Trinajstić information content (AvgIpc) is 1.54. The molecule has 0 amide bonds. The largest absolute Gasteiger partial charge is 0.489 e. The van der Waals surface area contributed by atoms with Gasteiger partial charge >= 0.3 is 0 Å². The number of nitrogens with one attached hydrogen (secondary N) is 2. The van der Waals surface area contributed by atoms with E-state index in [0.29, 0.717) is 46.7 Å². The molecule has 0 radical (unpaired) electrons. The van der Waals surface area contributed by atoms with Crippen molar-refractivity contribution < 1.29 is 14.2 Å². The zero-order valence-corrected chi connectivity index (χ0v) is 56.9. The Labute approximate surface area is 543 Å². The van der Waals surface area contributed by atoms with Gasteiger partial charge in [0, 0.05) is 44.3 Å². The monoisotopic (exact) mass is 1210 g/mol. The molecule has 2 aliphatic rings. The van der Waals surface area contributed by atoms with Crippen molar-refractivity contribution >= 4 is 46.4 Å². The van der Waals surface area contributed by atoms with Crippen molar-refractivity contribution in [2.75, 3.05) is 0 Å². The Bertz CT molecular complexity index is 4520. The number of fused-ring (bicyclic) bond motifs is 8. The Hall–Kier alpha value is -9.60. The molecule has 6 heterocycles. The molecule has 8 bridgehead atoms. The molecule has 2 N–H and O–H groups in total. The molecule has 0 unspecified atom stereocenters. The lowest BCUT2D eigenvalue weighted by Crippen LogP contribution is -2.16. The van der Waals surface area contributed by atoms with Crippen LogP contribution in [-0.4, -0.2) is 29.9 Å². The molecule has 2 aliphatic heterocycles. The van der Waals surface area contributed by atoms with E-state index in [4.69, 9.17) is 34.1 Å². The minimum absolute atomic E-state index is 0.190. The number of aromatic amines is 2. The third kappa shape index (κ3) is 12.7. The quantitative estimate of drug-likeness (QED) is 0.133. The molecule has 6 aromatic carbocycles. The van der Waals surface area contributed by atoms with E-state index in [1.165, 1.54) is 11.1 Å². The van der Waals surface area contributed by atoms with E-state index in [1.807, 2.05) is 18.2 Å². The van der Waals surface area contributed by atoms with E-state index in [9.17, 15) is 0 Å². The summed E-state index contributed by atoms with van der Waals surface area (Å²) in [6.45, 7) is 40.4. The first kappa shape index (κ1) is 62.6. The van der Waals surface area contributed by atoms with E-state index in [1.54, 1.807) is 6.33 Å². The number of hydrogen-bond acceptors (Lipinski definition) is 7. The smallest absolute Gasteiger partial charge is 0.234 e. The van der Waals surface area contributed by atoms with Gasteiger partial charge in [0.25, 0.3) is 0 Å². The van der Waals surface area contributed by atoms with Gasteiger partial charge in [0.1, 0.15) is 35.7 Å². The Morgan fingerprint density at radius 3 is 1.07 bits per heavy atom. The van der Waals surface area contributed by atoms with Gasteiger partial charge in [0.2, 0.25) is 11.8 Å². The molecule has 0 aliphatic carbocycles. The molecule has 12 rings (SSSR count). The number of rotatable bonds is 11. The van der Waals surface area contributed by atoms with Crippen LogP contribution in [0.3, 0.4) is 0 Å². The maximum Gasteiger partial charge on any atom is 0.234 e. The van der Waals surface area contributed by atoms with Crippen molar-refractivity contribution in [3.8, 4) is 73.5 Å². The summed E-state index contributed by atoms with van der Waals surface area (Å²) in [7, 11) is 0. The van der Waals surface area contributed by atoms with Crippen LogP contribution >= 0.6 is 0 Å². The zero-order chi connectivity index (χ0) is 65.3. The predicted octanol–water partition coefficient (Wildman–Crippen LogP) is 22.3. The molecule has 92 heavy (non-hydrogen) atoms. The fourth-order valence-corrected chi connectivity index (χ4v) is 12.9. The van der Waals surface area contributed by atoms with Gasteiger partial charge in [-0.25, -0.2) is 19.9 Å². The Morgan fingerprint density at radius 1 is 0.348 bits per heavy atom. The molecule has 0 atom stereocenters. The third-order valence-corrected chi connectivity index (χ3v) is 17.7. The van der Waals surface area contributed by atoms with Crippen LogP contribution < -0.4 is 14.2 Å². The third-order valence-electron chi connectivity index (χ3n) is 17.7. The van der Waals surface area contributed by atoms with Gasteiger partial charge in [-0.05, 0) is 215 Å². The minimum atomic E-state index is -0.190. The number of nitrogens with zero attached hydrogens (tertiary/aromatic N) is 4. The first-order valence-corrected chi connectivity index (χ1v) is 32.2. The van der Waals surface area contributed by atoms with E-state index >= 15 is 0 Å². The Balaban J connectivity index is 1.21. The standard InChI is InChI=1S/C83H86N6O3/c1-48-36-50(3)71(51(4)37-48)74-65-30-28-63(86-65)73(55-24-26-60(27-25-55)90-46-54-22-20-19-21-23-54)64-29-31-66(87-64)75(72-52(5)38-49(2)39-53(72)6)68-33-35-70(89-68)76(69-34-32-67(74)88-69)77-78(91-61-42-56(80(7,8)9)40-57(43-61)81(10,11)12)84-47-85-79(77)92-62-44-58(82(13,14)15)41-59(45-62)83(16,17)18/h19-45,47,86,89H,46H2,1-18H3. The SMILES string of the molecule is Cc1cc(C)c(-c2c3nc(c(-c4c(Oc5cc(C(C)(C)C)cc(C(C)(C)C)c5)ncnc4Oc4cc(C(C)(C)C)cc(C(C)(C)C)c4)c4ccc([nH]4)c(-c4c(C)cc(C)cc4C)c4nc(c(-c5ccc(OCc6ccccc6)cc5)c5ccc2[nH]5)C=C4)C=C3)c(C)c1. The van der Waals surface area contributed by atoms with Gasteiger partial charge in [0.05, 0.1) is 22.8 Å². The first-order valence-electron chi connectivity index (χ1n) is 32.2. The summed E-state index contributed by atoms with van der Waals surface area (Å²) < 4.78 is 21.1. The van der Waals surface area contributed by atoms with Crippen LogP contribution in [-0.2, 0) is 28.3 Å². The lowest BCUT2D eigenvalue weighted by Gasteiger charge is -2.26. The van der Waals surface area contributed by atoms with Crippen molar-refractivity contribution in [2.24, 2.45) is 0 Å². The Kier molecular flexibility index (Phi) is 16.3. The van der Waals surface area contributed by atoms with E-state index in [-0.39, 0.29) is 21.7 Å². The van der Waals surface area contributed by atoms with E-state index in [0.717, 1.165) is 128 Å². The summed E-state index contributed by atoms with van der Waals surface area (Å²) in [6.07, 6.45) is 10.1. The van der Waals surface area contributed by atoms with Crippen LogP contribution in [0.4, 0.5) is 0 Å². The topological polar surface area (TPSA) is 111 Å². The Morgan fingerprint density at radius 2 is 0.696 bits per heavy atom. The van der Waals surface area contributed by atoms with Crippen LogP contribution in [0, 0.1) is 41.5 Å². The highest BCUT2D eigenvalue weighted by Crippen LogP contribution is 2.48. The first-order chi connectivity index (χ1) is 43.5.